The van der Waals surface area contributed by atoms with Crippen LogP contribution in [0.15, 0.2) is 18.2 Å². The van der Waals surface area contributed by atoms with Gasteiger partial charge in [0.2, 0.25) is 0 Å². The van der Waals surface area contributed by atoms with Crippen molar-refractivity contribution in [2.24, 2.45) is 0 Å². The van der Waals surface area contributed by atoms with E-state index in [1.54, 1.807) is 6.26 Å². The number of nitro groups is 1. The molecule has 1 aliphatic rings. The monoisotopic (exact) mass is 315 g/mol. The molecule has 0 spiro atoms. The molecule has 0 aromatic heterocycles. The van der Waals surface area contributed by atoms with Gasteiger partial charge in [-0.2, -0.15) is 0 Å². The second kappa shape index (κ2) is 6.95. The summed E-state index contributed by atoms with van der Waals surface area (Å²) in [5.41, 5.74) is 0.166. The highest BCUT2D eigenvalue weighted by Crippen LogP contribution is 2.24. The van der Waals surface area contributed by atoms with Gasteiger partial charge >= 0.3 is 0 Å². The summed E-state index contributed by atoms with van der Waals surface area (Å²) in [7, 11) is -0.802. The fraction of sp³-hybridized carbons (Fsp3) is 0.538. The van der Waals surface area contributed by atoms with Crippen molar-refractivity contribution in [3.8, 4) is 0 Å². The van der Waals surface area contributed by atoms with Crippen LogP contribution in [0.1, 0.15) is 0 Å². The summed E-state index contributed by atoms with van der Waals surface area (Å²) in [6.07, 6.45) is 1.68. The van der Waals surface area contributed by atoms with Gasteiger partial charge in [0.05, 0.1) is 16.7 Å². The maximum absolute atomic E-state index is 13.9. The van der Waals surface area contributed by atoms with E-state index in [9.17, 15) is 18.7 Å². The van der Waals surface area contributed by atoms with E-state index in [1.807, 2.05) is 4.90 Å². The van der Waals surface area contributed by atoms with Crippen molar-refractivity contribution in [3.63, 3.8) is 0 Å². The Morgan fingerprint density at radius 1 is 1.33 bits per heavy atom. The van der Waals surface area contributed by atoms with Crippen molar-refractivity contribution >= 4 is 22.2 Å². The molecule has 8 heteroatoms. The third kappa shape index (κ3) is 4.21. The summed E-state index contributed by atoms with van der Waals surface area (Å²) >= 11 is 0. The largest absolute Gasteiger partial charge is 0.367 e. The van der Waals surface area contributed by atoms with Gasteiger partial charge in [-0.3, -0.25) is 19.2 Å². The zero-order chi connectivity index (χ0) is 15.4. The fourth-order valence-corrected chi connectivity index (χ4v) is 2.85. The normalized spacial score (nSPS) is 17.7. The molecule has 1 fully saturated rings. The molecule has 21 heavy (non-hydrogen) atoms. The maximum atomic E-state index is 13.9. The lowest BCUT2D eigenvalue weighted by Gasteiger charge is -2.36. The number of hydrogen-bond donors (Lipinski definition) is 0. The Morgan fingerprint density at radius 3 is 2.52 bits per heavy atom. The van der Waals surface area contributed by atoms with E-state index < -0.39 is 21.5 Å². The van der Waals surface area contributed by atoms with Crippen LogP contribution in [0.5, 0.6) is 0 Å². The van der Waals surface area contributed by atoms with Gasteiger partial charge in [-0.25, -0.2) is 4.39 Å². The number of halogens is 1. The SMILES string of the molecule is CS(=O)CCN1CCN(c2ccc([N+](=O)[O-])cc2F)CC1. The quantitative estimate of drug-likeness (QED) is 0.604. The highest BCUT2D eigenvalue weighted by atomic mass is 32.2. The average Bonchev–Trinajstić information content (AvgIpc) is 2.45. The molecule has 0 amide bonds. The van der Waals surface area contributed by atoms with Crippen molar-refractivity contribution in [3.05, 3.63) is 34.1 Å². The summed E-state index contributed by atoms with van der Waals surface area (Å²) in [6, 6.07) is 3.75. The molecule has 0 bridgehead atoms. The minimum atomic E-state index is -0.802. The topological polar surface area (TPSA) is 66.7 Å². The van der Waals surface area contributed by atoms with Crippen LogP contribution in [0.3, 0.4) is 0 Å². The predicted octanol–water partition coefficient (Wildman–Crippen LogP) is 1.23. The first-order chi connectivity index (χ1) is 9.97. The van der Waals surface area contributed by atoms with Crippen molar-refractivity contribution in [1.29, 1.82) is 0 Å². The molecule has 1 saturated heterocycles. The number of rotatable bonds is 5. The Morgan fingerprint density at radius 2 is 2.00 bits per heavy atom. The zero-order valence-corrected chi connectivity index (χ0v) is 12.6. The first-order valence-electron chi connectivity index (χ1n) is 6.68. The number of piperazine rings is 1. The van der Waals surface area contributed by atoms with Crippen LogP contribution in [0.4, 0.5) is 15.8 Å². The summed E-state index contributed by atoms with van der Waals surface area (Å²) < 4.78 is 25.0. The van der Waals surface area contributed by atoms with E-state index >= 15 is 0 Å². The second-order valence-corrected chi connectivity index (χ2v) is 6.55. The van der Waals surface area contributed by atoms with Crippen LogP contribution in [0, 0.1) is 15.9 Å². The number of hydrogen-bond acceptors (Lipinski definition) is 5. The Balaban J connectivity index is 1.96. The molecular formula is C13H18FN3O3S. The van der Waals surface area contributed by atoms with E-state index in [1.165, 1.54) is 12.1 Å². The summed E-state index contributed by atoms with van der Waals surface area (Å²) in [5.74, 6) is 0.0821. The standard InChI is InChI=1S/C13H18FN3O3S/c1-21(20)9-8-15-4-6-16(7-5-15)13-3-2-11(17(18)19)10-12(13)14/h2-3,10H,4-9H2,1H3. The molecule has 0 aliphatic carbocycles. The third-order valence-corrected chi connectivity index (χ3v) is 4.31. The van der Waals surface area contributed by atoms with Crippen LogP contribution in [0.2, 0.25) is 0 Å². The van der Waals surface area contributed by atoms with Crippen molar-refractivity contribution < 1.29 is 13.5 Å². The van der Waals surface area contributed by atoms with Gasteiger partial charge in [0.1, 0.15) is 0 Å². The molecule has 1 aliphatic heterocycles. The van der Waals surface area contributed by atoms with Gasteiger partial charge in [-0.1, -0.05) is 0 Å². The number of benzene rings is 1. The van der Waals surface area contributed by atoms with Gasteiger partial charge in [0.25, 0.3) is 5.69 Å². The van der Waals surface area contributed by atoms with E-state index in [0.29, 0.717) is 24.5 Å². The minimum Gasteiger partial charge on any atom is -0.367 e. The first-order valence-corrected chi connectivity index (χ1v) is 8.41. The van der Waals surface area contributed by atoms with Crippen molar-refractivity contribution in [2.75, 3.05) is 49.6 Å². The van der Waals surface area contributed by atoms with Crippen LogP contribution in [-0.4, -0.2) is 58.8 Å². The number of non-ortho nitro benzene ring substituents is 1. The molecule has 6 nitrogen and oxygen atoms in total. The Kier molecular flexibility index (Phi) is 5.24. The van der Waals surface area contributed by atoms with Gasteiger partial charge in [0, 0.05) is 61.6 Å². The lowest BCUT2D eigenvalue weighted by atomic mass is 10.2. The van der Waals surface area contributed by atoms with Gasteiger partial charge in [0.15, 0.2) is 5.82 Å². The summed E-state index contributed by atoms with van der Waals surface area (Å²) in [5, 5.41) is 10.6. The average molecular weight is 315 g/mol. The highest BCUT2D eigenvalue weighted by molar-refractivity contribution is 7.84. The summed E-state index contributed by atoms with van der Waals surface area (Å²) in [4.78, 5) is 14.1. The molecule has 2 rings (SSSR count). The molecule has 0 saturated carbocycles. The van der Waals surface area contributed by atoms with Crippen molar-refractivity contribution in [1.82, 2.24) is 4.90 Å². The molecule has 0 N–H and O–H groups in total. The molecule has 116 valence electrons. The van der Waals surface area contributed by atoms with E-state index in [4.69, 9.17) is 0 Å². The minimum absolute atomic E-state index is 0.236. The predicted molar refractivity (Wildman–Crippen MR) is 80.6 cm³/mol. The Hall–Kier alpha value is -1.54. The number of nitro benzene ring substituents is 1. The van der Waals surface area contributed by atoms with Gasteiger partial charge in [-0.15, -0.1) is 0 Å². The van der Waals surface area contributed by atoms with Gasteiger partial charge < -0.3 is 4.90 Å². The molecule has 1 unspecified atom stereocenters. The maximum Gasteiger partial charge on any atom is 0.272 e. The number of nitrogens with zero attached hydrogens (tertiary/aromatic N) is 3. The molecule has 1 aromatic rings. The Bertz CT molecular complexity index is 547. The van der Waals surface area contributed by atoms with Crippen molar-refractivity contribution in [2.45, 2.75) is 0 Å². The van der Waals surface area contributed by atoms with Crippen LogP contribution >= 0.6 is 0 Å². The van der Waals surface area contributed by atoms with Gasteiger partial charge in [-0.05, 0) is 6.07 Å². The summed E-state index contributed by atoms with van der Waals surface area (Å²) in [6.45, 7) is 3.64. The molecule has 0 radical (unpaired) electrons. The molecule has 1 aromatic carbocycles. The second-order valence-electron chi connectivity index (χ2n) is 5.00. The lowest BCUT2D eigenvalue weighted by molar-refractivity contribution is -0.385. The lowest BCUT2D eigenvalue weighted by Crippen LogP contribution is -2.47. The zero-order valence-electron chi connectivity index (χ0n) is 11.8. The third-order valence-electron chi connectivity index (χ3n) is 3.55. The van der Waals surface area contributed by atoms with Crippen LogP contribution < -0.4 is 4.90 Å². The molecule has 1 atom stereocenters. The Labute approximate surface area is 125 Å². The highest BCUT2D eigenvalue weighted by Gasteiger charge is 2.21. The first kappa shape index (κ1) is 15.8. The smallest absolute Gasteiger partial charge is 0.272 e. The number of anilines is 1. The molecular weight excluding hydrogens is 297 g/mol. The van der Waals surface area contributed by atoms with Crippen LogP contribution in [0.25, 0.3) is 0 Å². The fourth-order valence-electron chi connectivity index (χ4n) is 2.34. The molecule has 1 heterocycles. The van der Waals surface area contributed by atoms with E-state index in [0.717, 1.165) is 25.7 Å². The van der Waals surface area contributed by atoms with Crippen LogP contribution in [-0.2, 0) is 10.8 Å². The van der Waals surface area contributed by atoms with E-state index in [2.05, 4.69) is 4.90 Å². The van der Waals surface area contributed by atoms with E-state index in [-0.39, 0.29) is 5.69 Å².